The van der Waals surface area contributed by atoms with E-state index in [1.54, 1.807) is 26.0 Å². The van der Waals surface area contributed by atoms with Gasteiger partial charge >= 0.3 is 12.1 Å². The zero-order valence-electron chi connectivity index (χ0n) is 15.9. The van der Waals surface area contributed by atoms with Gasteiger partial charge in [-0.15, -0.1) is 0 Å². The van der Waals surface area contributed by atoms with Crippen molar-refractivity contribution in [3.05, 3.63) is 57.8 Å². The highest BCUT2D eigenvalue weighted by molar-refractivity contribution is 14.1. The minimum Gasteiger partial charge on any atom is -0.501 e. The average molecular weight is 503 g/mol. The predicted octanol–water partition coefficient (Wildman–Crippen LogP) is 2.47. The number of methoxy groups -OCH3 is 1. The van der Waals surface area contributed by atoms with Crippen LogP contribution < -0.4 is 10.9 Å². The Balaban J connectivity index is 0.00000190. The molecule has 0 fully saturated rings. The minimum atomic E-state index is -1.19. The number of halogens is 1. The maximum absolute atomic E-state index is 12.0. The molecule has 0 unspecified atom stereocenters. The number of ether oxygens (including phenoxy) is 2. The molecule has 0 saturated carbocycles. The van der Waals surface area contributed by atoms with Crippen molar-refractivity contribution in [2.24, 2.45) is 0 Å². The zero-order chi connectivity index (χ0) is 21.3. The number of hydrogen-bond donors (Lipinski definition) is 3. The largest absolute Gasteiger partial charge is 0.501 e. The van der Waals surface area contributed by atoms with Crippen LogP contribution in [0.3, 0.4) is 0 Å². The van der Waals surface area contributed by atoms with Gasteiger partial charge in [0, 0.05) is 0 Å². The molecule has 0 atom stereocenters. The molecule has 3 N–H and O–H groups in total. The summed E-state index contributed by atoms with van der Waals surface area (Å²) in [5, 5.41) is 12.2. The number of aromatic nitrogens is 2. The first kappa shape index (κ1) is 23.4. The summed E-state index contributed by atoms with van der Waals surface area (Å²) in [6.45, 7) is 3.16. The quantitative estimate of drug-likeness (QED) is 0.325. The predicted molar refractivity (Wildman–Crippen MR) is 111 cm³/mol. The fourth-order valence-corrected chi connectivity index (χ4v) is 2.08. The number of carbonyl (C=O) groups excluding carboxylic acids is 2. The lowest BCUT2D eigenvalue weighted by atomic mass is 10.0. The maximum Gasteiger partial charge on any atom is 0.408 e. The van der Waals surface area contributed by atoms with Crippen molar-refractivity contribution in [1.29, 1.82) is 0 Å². The van der Waals surface area contributed by atoms with Crippen LogP contribution in [0.1, 0.15) is 35.7 Å². The van der Waals surface area contributed by atoms with E-state index < -0.39 is 34.6 Å². The number of H-pyrrole nitrogens is 1. The Bertz CT molecular complexity index is 867. The molecule has 1 amide bonds. The van der Waals surface area contributed by atoms with Gasteiger partial charge < -0.3 is 24.9 Å². The van der Waals surface area contributed by atoms with Crippen LogP contribution in [0.25, 0.3) is 0 Å². The number of nitrogens with zero attached hydrogens (tertiary/aromatic N) is 1. The van der Waals surface area contributed by atoms with E-state index in [4.69, 9.17) is 4.74 Å². The Hall–Kier alpha value is -2.63. The molecule has 1 aromatic carbocycles. The third kappa shape index (κ3) is 6.22. The number of alkyl halides is 1. The second kappa shape index (κ2) is 10.6. The van der Waals surface area contributed by atoms with Crippen LogP contribution in [0.2, 0.25) is 0 Å². The number of benzene rings is 1. The summed E-state index contributed by atoms with van der Waals surface area (Å²) in [4.78, 5) is 43.7. The molecule has 0 radical (unpaired) electrons. The highest BCUT2D eigenvalue weighted by Crippen LogP contribution is 2.18. The Labute approximate surface area is 175 Å². The van der Waals surface area contributed by atoms with Crippen molar-refractivity contribution in [1.82, 2.24) is 15.3 Å². The minimum absolute atomic E-state index is 0.0441. The molecule has 10 heteroatoms. The van der Waals surface area contributed by atoms with Gasteiger partial charge in [-0.25, -0.2) is 14.6 Å². The average Bonchev–Trinajstić information content (AvgIpc) is 2.69. The first-order valence-electron chi connectivity index (χ1n) is 8.03. The number of amides is 1. The molecule has 152 valence electrons. The molecular formula is C18H22IN3O6. The number of esters is 1. The van der Waals surface area contributed by atoms with E-state index >= 15 is 0 Å². The van der Waals surface area contributed by atoms with Crippen LogP contribution in [0.4, 0.5) is 4.79 Å². The van der Waals surface area contributed by atoms with E-state index in [1.807, 2.05) is 23.1 Å². The molecule has 0 saturated heterocycles. The summed E-state index contributed by atoms with van der Waals surface area (Å²) in [5.74, 6) is -1.88. The Morgan fingerprint density at radius 3 is 2.43 bits per heavy atom. The molecule has 0 aliphatic rings. The molecule has 1 heterocycles. The summed E-state index contributed by atoms with van der Waals surface area (Å²) >= 11 is 2.15. The number of hydrogen-bond acceptors (Lipinski definition) is 7. The highest BCUT2D eigenvalue weighted by Gasteiger charge is 2.29. The van der Waals surface area contributed by atoms with Gasteiger partial charge in [-0.2, -0.15) is 0 Å². The summed E-state index contributed by atoms with van der Waals surface area (Å²) in [6, 6.07) is 9.10. The number of aromatic amines is 1. The lowest BCUT2D eigenvalue weighted by Crippen LogP contribution is -2.43. The van der Waals surface area contributed by atoms with Crippen molar-refractivity contribution in [2.45, 2.75) is 26.0 Å². The smallest absolute Gasteiger partial charge is 0.408 e. The lowest BCUT2D eigenvalue weighted by Gasteiger charge is -2.25. The fraction of sp³-hybridized carbons (Fsp3) is 0.333. The molecular weight excluding hydrogens is 481 g/mol. The Morgan fingerprint density at radius 2 is 1.86 bits per heavy atom. The number of aromatic hydroxyl groups is 1. The van der Waals surface area contributed by atoms with Crippen molar-refractivity contribution in [3.8, 4) is 5.75 Å². The topological polar surface area (TPSA) is 131 Å². The second-order valence-corrected chi connectivity index (χ2v) is 5.92. The molecule has 2 rings (SSSR count). The normalized spacial score (nSPS) is 10.3. The molecule has 9 nitrogen and oxygen atoms in total. The number of alkyl carbamates (subject to hydrolysis) is 1. The molecule has 0 bridgehead atoms. The standard InChI is InChI=1S/C17H19N3O6.CH3I/c1-17(2,20-16(24)26-9-10-7-5-4-6-8-10)15-18-11(14(23)25-3)12(21)13(22)19-15;1-2/h4-8,21H,9H2,1-3H3,(H,20,24)(H,18,19,22);1H3. The monoisotopic (exact) mass is 503 g/mol. The van der Waals surface area contributed by atoms with Crippen LogP contribution in [-0.4, -0.2) is 39.2 Å². The van der Waals surface area contributed by atoms with Gasteiger partial charge in [-0.05, 0) is 24.3 Å². The van der Waals surface area contributed by atoms with E-state index in [-0.39, 0.29) is 12.4 Å². The summed E-state index contributed by atoms with van der Waals surface area (Å²) < 4.78 is 9.61. The van der Waals surface area contributed by atoms with Crippen molar-refractivity contribution in [2.75, 3.05) is 12.0 Å². The fourth-order valence-electron chi connectivity index (χ4n) is 2.08. The van der Waals surface area contributed by atoms with Crippen LogP contribution in [0.15, 0.2) is 35.1 Å². The number of nitrogens with one attached hydrogen (secondary N) is 2. The van der Waals surface area contributed by atoms with Crippen LogP contribution >= 0.6 is 22.6 Å². The second-order valence-electron chi connectivity index (χ2n) is 5.92. The third-order valence-electron chi connectivity index (χ3n) is 3.49. The van der Waals surface area contributed by atoms with Gasteiger partial charge in [0.15, 0.2) is 5.69 Å². The molecule has 0 aliphatic carbocycles. The zero-order valence-corrected chi connectivity index (χ0v) is 18.1. The van der Waals surface area contributed by atoms with Crippen molar-refractivity contribution < 1.29 is 24.2 Å². The van der Waals surface area contributed by atoms with Crippen LogP contribution in [0, 0.1) is 0 Å². The van der Waals surface area contributed by atoms with Gasteiger partial charge in [0.05, 0.1) is 12.6 Å². The van der Waals surface area contributed by atoms with E-state index in [1.165, 1.54) is 0 Å². The SMILES string of the molecule is CI.COC(=O)c1nc(C(C)(C)NC(=O)OCc2ccccc2)[nH]c(=O)c1O. The number of carbonyl (C=O) groups is 2. The van der Waals surface area contributed by atoms with E-state index in [2.05, 4.69) is 42.6 Å². The van der Waals surface area contributed by atoms with Gasteiger partial charge in [-0.1, -0.05) is 52.9 Å². The first-order chi connectivity index (χ1) is 13.2. The van der Waals surface area contributed by atoms with Gasteiger partial charge in [0.25, 0.3) is 5.56 Å². The van der Waals surface area contributed by atoms with Gasteiger partial charge in [-0.3, -0.25) is 4.79 Å². The van der Waals surface area contributed by atoms with Gasteiger partial charge in [0.1, 0.15) is 12.4 Å². The van der Waals surface area contributed by atoms with E-state index in [0.29, 0.717) is 0 Å². The van der Waals surface area contributed by atoms with E-state index in [9.17, 15) is 19.5 Å². The van der Waals surface area contributed by atoms with Crippen molar-refractivity contribution >= 4 is 34.7 Å². The van der Waals surface area contributed by atoms with Crippen molar-refractivity contribution in [3.63, 3.8) is 0 Å². The lowest BCUT2D eigenvalue weighted by molar-refractivity contribution is 0.0589. The molecule has 2 aromatic rings. The van der Waals surface area contributed by atoms with E-state index in [0.717, 1.165) is 12.7 Å². The number of rotatable bonds is 5. The Morgan fingerprint density at radius 1 is 1.25 bits per heavy atom. The molecule has 28 heavy (non-hydrogen) atoms. The molecule has 0 aliphatic heterocycles. The summed E-state index contributed by atoms with van der Waals surface area (Å²) in [7, 11) is 1.09. The molecule has 0 spiro atoms. The summed E-state index contributed by atoms with van der Waals surface area (Å²) in [5.41, 5.74) is -1.85. The van der Waals surface area contributed by atoms with Gasteiger partial charge in [0.2, 0.25) is 5.75 Å². The Kier molecular flexibility index (Phi) is 8.89. The highest BCUT2D eigenvalue weighted by atomic mass is 127. The maximum atomic E-state index is 12.0. The van der Waals surface area contributed by atoms with Crippen LogP contribution in [0.5, 0.6) is 5.75 Å². The van der Waals surface area contributed by atoms with Crippen LogP contribution in [-0.2, 0) is 21.6 Å². The summed E-state index contributed by atoms with van der Waals surface area (Å²) in [6.07, 6.45) is -0.741. The molecule has 1 aromatic heterocycles. The third-order valence-corrected chi connectivity index (χ3v) is 3.49. The first-order valence-corrected chi connectivity index (χ1v) is 10.2.